The lowest BCUT2D eigenvalue weighted by Crippen LogP contribution is -2.46. The SMILES string of the molecule is CCOc1ccc2[nH]c(=O)c(CN3CCN(c4cc(CC)ncn4)CC3)cc2c1. The number of H-pyrrole nitrogens is 1. The zero-order valence-corrected chi connectivity index (χ0v) is 17.0. The molecule has 1 saturated heterocycles. The summed E-state index contributed by atoms with van der Waals surface area (Å²) >= 11 is 0. The molecule has 0 radical (unpaired) electrons. The first-order chi connectivity index (χ1) is 14.2. The van der Waals surface area contributed by atoms with Crippen molar-refractivity contribution in [2.45, 2.75) is 26.8 Å². The number of nitrogens with one attached hydrogen (secondary N) is 1. The summed E-state index contributed by atoms with van der Waals surface area (Å²) in [6, 6.07) is 9.83. The van der Waals surface area contributed by atoms with E-state index in [1.54, 1.807) is 6.33 Å². The van der Waals surface area contributed by atoms with Crippen molar-refractivity contribution in [3.05, 3.63) is 58.3 Å². The monoisotopic (exact) mass is 393 g/mol. The molecule has 0 atom stereocenters. The van der Waals surface area contributed by atoms with E-state index in [0.717, 1.165) is 66.3 Å². The highest BCUT2D eigenvalue weighted by atomic mass is 16.5. The minimum Gasteiger partial charge on any atom is -0.494 e. The highest BCUT2D eigenvalue weighted by molar-refractivity contribution is 5.80. The highest BCUT2D eigenvalue weighted by Crippen LogP contribution is 2.20. The van der Waals surface area contributed by atoms with E-state index in [9.17, 15) is 4.79 Å². The van der Waals surface area contributed by atoms with Crippen LogP contribution < -0.4 is 15.2 Å². The van der Waals surface area contributed by atoms with Crippen molar-refractivity contribution in [3.63, 3.8) is 0 Å². The lowest BCUT2D eigenvalue weighted by atomic mass is 10.1. The molecule has 1 aromatic carbocycles. The second-order valence-corrected chi connectivity index (χ2v) is 7.29. The lowest BCUT2D eigenvalue weighted by Gasteiger charge is -2.35. The van der Waals surface area contributed by atoms with Crippen LogP contribution in [0.15, 0.2) is 41.5 Å². The molecule has 2 aromatic heterocycles. The van der Waals surface area contributed by atoms with Crippen molar-refractivity contribution in [2.75, 3.05) is 37.7 Å². The Hall–Kier alpha value is -2.93. The minimum absolute atomic E-state index is 0.0209. The third-order valence-corrected chi connectivity index (χ3v) is 5.37. The second kappa shape index (κ2) is 8.61. The number of nitrogens with zero attached hydrogens (tertiary/aromatic N) is 4. The first-order valence-electron chi connectivity index (χ1n) is 10.2. The van der Waals surface area contributed by atoms with E-state index in [1.807, 2.05) is 31.2 Å². The van der Waals surface area contributed by atoms with Crippen molar-refractivity contribution in [2.24, 2.45) is 0 Å². The van der Waals surface area contributed by atoms with Crippen molar-refractivity contribution in [1.82, 2.24) is 19.9 Å². The average molecular weight is 393 g/mol. The number of anilines is 1. The van der Waals surface area contributed by atoms with Crippen molar-refractivity contribution < 1.29 is 4.74 Å². The summed E-state index contributed by atoms with van der Waals surface area (Å²) in [6.45, 7) is 8.89. The van der Waals surface area contributed by atoms with Gasteiger partial charge in [0, 0.05) is 61.0 Å². The molecule has 0 spiro atoms. The molecule has 7 nitrogen and oxygen atoms in total. The van der Waals surface area contributed by atoms with E-state index in [4.69, 9.17) is 4.74 Å². The van der Waals surface area contributed by atoms with Crippen LogP contribution in [-0.4, -0.2) is 52.6 Å². The fraction of sp³-hybridized carbons (Fsp3) is 0.409. The van der Waals surface area contributed by atoms with E-state index in [0.29, 0.717) is 13.2 Å². The first kappa shape index (κ1) is 19.4. The van der Waals surface area contributed by atoms with E-state index in [-0.39, 0.29) is 5.56 Å². The van der Waals surface area contributed by atoms with Gasteiger partial charge in [-0.05, 0) is 37.6 Å². The molecule has 1 aliphatic rings. The fourth-order valence-electron chi connectivity index (χ4n) is 3.73. The van der Waals surface area contributed by atoms with Crippen LogP contribution >= 0.6 is 0 Å². The minimum atomic E-state index is -0.0209. The van der Waals surface area contributed by atoms with Crippen molar-refractivity contribution in [1.29, 1.82) is 0 Å². The molecule has 29 heavy (non-hydrogen) atoms. The summed E-state index contributed by atoms with van der Waals surface area (Å²) in [4.78, 5) is 28.8. The topological polar surface area (TPSA) is 74.4 Å². The standard InChI is InChI=1S/C22H27N5O2/c1-3-18-13-21(24-15-23-18)27-9-7-26(8-10-27)14-17-11-16-12-19(29-4-2)5-6-20(16)25-22(17)28/h5-6,11-13,15H,3-4,7-10,14H2,1-2H3,(H,25,28). The first-order valence-corrected chi connectivity index (χ1v) is 10.2. The Bertz CT molecular complexity index is 1040. The largest absolute Gasteiger partial charge is 0.494 e. The molecule has 1 N–H and O–H groups in total. The normalized spacial score (nSPS) is 15.0. The van der Waals surface area contributed by atoms with Gasteiger partial charge in [-0.3, -0.25) is 9.69 Å². The summed E-state index contributed by atoms with van der Waals surface area (Å²) in [5.41, 5.74) is 2.66. The third-order valence-electron chi connectivity index (χ3n) is 5.37. The number of piperazine rings is 1. The molecule has 7 heteroatoms. The van der Waals surface area contributed by atoms with Gasteiger partial charge in [0.1, 0.15) is 17.9 Å². The van der Waals surface area contributed by atoms with Gasteiger partial charge in [0.25, 0.3) is 5.56 Å². The van der Waals surface area contributed by atoms with Crippen molar-refractivity contribution >= 4 is 16.7 Å². The van der Waals surface area contributed by atoms with Gasteiger partial charge in [0.2, 0.25) is 0 Å². The number of hydrogen-bond donors (Lipinski definition) is 1. The molecular weight excluding hydrogens is 366 g/mol. The van der Waals surface area contributed by atoms with Gasteiger partial charge in [-0.2, -0.15) is 0 Å². The molecule has 152 valence electrons. The molecule has 0 bridgehead atoms. The molecule has 0 saturated carbocycles. The zero-order valence-electron chi connectivity index (χ0n) is 17.0. The number of hydrogen-bond acceptors (Lipinski definition) is 6. The zero-order chi connectivity index (χ0) is 20.2. The Kier molecular flexibility index (Phi) is 5.76. The quantitative estimate of drug-likeness (QED) is 0.694. The molecule has 0 amide bonds. The van der Waals surface area contributed by atoms with Crippen LogP contribution in [0.25, 0.3) is 10.9 Å². The number of fused-ring (bicyclic) bond motifs is 1. The molecule has 1 fully saturated rings. The van der Waals surface area contributed by atoms with Gasteiger partial charge >= 0.3 is 0 Å². The Morgan fingerprint density at radius 2 is 1.90 bits per heavy atom. The average Bonchev–Trinajstić information content (AvgIpc) is 2.75. The van der Waals surface area contributed by atoms with Gasteiger partial charge in [-0.15, -0.1) is 0 Å². The van der Waals surface area contributed by atoms with E-state index < -0.39 is 0 Å². The van der Waals surface area contributed by atoms with E-state index in [2.05, 4.69) is 37.7 Å². The molecule has 0 unspecified atom stereocenters. The Labute approximate surface area is 170 Å². The number of aromatic amines is 1. The summed E-state index contributed by atoms with van der Waals surface area (Å²) in [7, 11) is 0. The summed E-state index contributed by atoms with van der Waals surface area (Å²) in [5.74, 6) is 1.81. The van der Waals surface area contributed by atoms with Crippen LogP contribution in [0.2, 0.25) is 0 Å². The summed E-state index contributed by atoms with van der Waals surface area (Å²) in [5, 5.41) is 0.997. The lowest BCUT2D eigenvalue weighted by molar-refractivity contribution is 0.248. The van der Waals surface area contributed by atoms with Gasteiger partial charge < -0.3 is 14.6 Å². The number of pyridine rings is 1. The van der Waals surface area contributed by atoms with Crippen LogP contribution in [0.3, 0.4) is 0 Å². The maximum atomic E-state index is 12.5. The molecular formula is C22H27N5O2. The number of benzene rings is 1. The van der Waals surface area contributed by atoms with E-state index >= 15 is 0 Å². The maximum Gasteiger partial charge on any atom is 0.252 e. The number of aromatic nitrogens is 3. The van der Waals surface area contributed by atoms with Crippen LogP contribution in [0.5, 0.6) is 5.75 Å². The Morgan fingerprint density at radius 3 is 2.66 bits per heavy atom. The number of rotatable bonds is 6. The Balaban J connectivity index is 1.45. The Morgan fingerprint density at radius 1 is 1.07 bits per heavy atom. The van der Waals surface area contributed by atoms with Gasteiger partial charge in [-0.25, -0.2) is 9.97 Å². The van der Waals surface area contributed by atoms with Crippen molar-refractivity contribution in [3.8, 4) is 5.75 Å². The maximum absolute atomic E-state index is 12.5. The fourth-order valence-corrected chi connectivity index (χ4v) is 3.73. The van der Waals surface area contributed by atoms with Gasteiger partial charge in [0.05, 0.1) is 6.61 Å². The summed E-state index contributed by atoms with van der Waals surface area (Å²) in [6.07, 6.45) is 2.55. The molecule has 4 rings (SSSR count). The van der Waals surface area contributed by atoms with Crippen LogP contribution in [-0.2, 0) is 13.0 Å². The van der Waals surface area contributed by atoms with Crippen LogP contribution in [0.4, 0.5) is 5.82 Å². The second-order valence-electron chi connectivity index (χ2n) is 7.29. The van der Waals surface area contributed by atoms with Crippen LogP contribution in [0, 0.1) is 0 Å². The highest BCUT2D eigenvalue weighted by Gasteiger charge is 2.19. The third kappa shape index (κ3) is 4.40. The summed E-state index contributed by atoms with van der Waals surface area (Å²) < 4.78 is 5.59. The van der Waals surface area contributed by atoms with Crippen LogP contribution in [0.1, 0.15) is 25.1 Å². The van der Waals surface area contributed by atoms with E-state index in [1.165, 1.54) is 0 Å². The van der Waals surface area contributed by atoms with Gasteiger partial charge in [0.15, 0.2) is 0 Å². The number of ether oxygens (including phenoxy) is 1. The van der Waals surface area contributed by atoms with Gasteiger partial charge in [-0.1, -0.05) is 6.92 Å². The molecule has 0 aliphatic carbocycles. The molecule has 1 aliphatic heterocycles. The molecule has 3 aromatic rings. The smallest absolute Gasteiger partial charge is 0.252 e. The molecule has 3 heterocycles. The predicted molar refractivity (Wildman–Crippen MR) is 115 cm³/mol. The predicted octanol–water partition coefficient (Wildman–Crippen LogP) is 2.60. The number of aryl methyl sites for hydroxylation is 1.